The first kappa shape index (κ1) is 42.4. The van der Waals surface area contributed by atoms with E-state index >= 15 is 0 Å². The number of hydrogen-bond donors (Lipinski definition) is 3. The van der Waals surface area contributed by atoms with E-state index in [0.29, 0.717) is 63.5 Å². The zero-order valence-corrected chi connectivity index (χ0v) is 33.3. The summed E-state index contributed by atoms with van der Waals surface area (Å²) in [6.07, 6.45) is 5.64. The van der Waals surface area contributed by atoms with Gasteiger partial charge in [-0.15, -0.1) is 10.2 Å². The second-order valence-corrected chi connectivity index (χ2v) is 15.3. The number of rotatable bonds is 21. The average Bonchev–Trinajstić information content (AvgIpc) is 3.65. The summed E-state index contributed by atoms with van der Waals surface area (Å²) >= 11 is 0. The maximum absolute atomic E-state index is 12.4. The Labute approximate surface area is 325 Å². The quantitative estimate of drug-likeness (QED) is 0.0759. The first-order chi connectivity index (χ1) is 26.3. The number of alkyl carbamates (subject to hydrolysis) is 1. The smallest absolute Gasteiger partial charge is 0.408 e. The Balaban J connectivity index is 1.12. The molecule has 13 nitrogen and oxygen atoms in total. The molecule has 0 saturated heterocycles. The zero-order valence-electron chi connectivity index (χ0n) is 33.3. The lowest BCUT2D eigenvalue weighted by Gasteiger charge is -2.23. The van der Waals surface area contributed by atoms with Crippen molar-refractivity contribution in [2.24, 2.45) is 0 Å². The van der Waals surface area contributed by atoms with Crippen LogP contribution in [0.3, 0.4) is 0 Å². The molecular formula is C42H58N8O5. The topological polar surface area (TPSA) is 162 Å². The van der Waals surface area contributed by atoms with Crippen LogP contribution in [0.5, 0.6) is 5.88 Å². The molecule has 0 radical (unpaired) electrons. The van der Waals surface area contributed by atoms with Crippen molar-refractivity contribution in [3.8, 4) is 28.3 Å². The van der Waals surface area contributed by atoms with Crippen LogP contribution < -0.4 is 20.7 Å². The molecule has 1 unspecified atom stereocenters. The second-order valence-electron chi connectivity index (χ2n) is 15.3. The Morgan fingerprint density at radius 2 is 1.53 bits per heavy atom. The number of likely N-dealkylation sites (N-methyl/N-ethyl adjacent to an activating group) is 1. The van der Waals surface area contributed by atoms with Crippen LogP contribution in [0, 0.1) is 0 Å². The number of nitrogens with zero attached hydrogens (tertiary/aromatic N) is 5. The van der Waals surface area contributed by atoms with E-state index < -0.39 is 17.7 Å². The summed E-state index contributed by atoms with van der Waals surface area (Å²) in [5.74, 6) is 1.01. The average molecular weight is 755 g/mol. The predicted molar refractivity (Wildman–Crippen MR) is 213 cm³/mol. The molecule has 2 aromatic carbocycles. The molecule has 0 saturated carbocycles. The standard InChI is InChI=1S/C42H58N8O5/c1-41(2,3)55-40(53)46-34(38(52)43-6)23-13-16-26-44-36(51)24-14-17-27-50-48-39(47-49-50)42(4,5)25-15-18-28-54-37-30-33(31-19-9-7-10-20-31)29-35(45-37)32-21-11-8-12-22-32/h7-12,19-22,29-30,34H,13-18,23-28H2,1-6H3,(H,43,52)(H,44,51)(H,46,53). The molecule has 0 bridgehead atoms. The highest BCUT2D eigenvalue weighted by atomic mass is 16.6. The third kappa shape index (κ3) is 14.8. The number of aromatic nitrogens is 5. The van der Waals surface area contributed by atoms with Crippen molar-refractivity contribution >= 4 is 17.9 Å². The summed E-state index contributed by atoms with van der Waals surface area (Å²) in [7, 11) is 1.53. The van der Waals surface area contributed by atoms with Crippen LogP contribution in [-0.2, 0) is 26.3 Å². The molecule has 0 aliphatic rings. The number of carbonyl (C=O) groups excluding carboxylic acids is 3. The Hall–Kier alpha value is -5.33. The molecule has 4 aromatic rings. The van der Waals surface area contributed by atoms with Crippen LogP contribution in [0.1, 0.15) is 98.2 Å². The van der Waals surface area contributed by atoms with Crippen molar-refractivity contribution in [1.29, 1.82) is 0 Å². The summed E-state index contributed by atoms with van der Waals surface area (Å²) in [6, 6.07) is 23.8. The fraction of sp³-hybridized carbons (Fsp3) is 0.500. The predicted octanol–water partition coefficient (Wildman–Crippen LogP) is 7.03. The third-order valence-electron chi connectivity index (χ3n) is 8.99. The van der Waals surface area contributed by atoms with E-state index in [1.165, 1.54) is 7.05 Å². The molecule has 55 heavy (non-hydrogen) atoms. The molecule has 1 atom stereocenters. The summed E-state index contributed by atoms with van der Waals surface area (Å²) in [6.45, 7) is 11.2. The van der Waals surface area contributed by atoms with Gasteiger partial charge in [0.2, 0.25) is 17.7 Å². The highest BCUT2D eigenvalue weighted by Gasteiger charge is 2.26. The van der Waals surface area contributed by atoms with E-state index in [0.717, 1.165) is 48.1 Å². The van der Waals surface area contributed by atoms with Crippen LogP contribution in [0.2, 0.25) is 0 Å². The molecule has 0 aliphatic heterocycles. The Kier molecular flexibility index (Phi) is 16.1. The van der Waals surface area contributed by atoms with Gasteiger partial charge in [-0.1, -0.05) is 74.5 Å². The zero-order chi connectivity index (χ0) is 39.7. The highest BCUT2D eigenvalue weighted by molar-refractivity contribution is 5.85. The first-order valence-corrected chi connectivity index (χ1v) is 19.3. The SMILES string of the molecule is CNC(=O)C(CCCCNC(=O)CCCCn1nnc(C(C)(C)CCCCOc2cc(-c3ccccc3)cc(-c3ccccc3)n2)n1)NC(=O)OC(C)(C)C. The first-order valence-electron chi connectivity index (χ1n) is 19.3. The Morgan fingerprint density at radius 3 is 2.22 bits per heavy atom. The number of benzene rings is 2. The van der Waals surface area contributed by atoms with Crippen molar-refractivity contribution < 1.29 is 23.9 Å². The van der Waals surface area contributed by atoms with Gasteiger partial charge in [-0.3, -0.25) is 9.59 Å². The highest BCUT2D eigenvalue weighted by Crippen LogP contribution is 2.29. The van der Waals surface area contributed by atoms with E-state index in [1.54, 1.807) is 25.6 Å². The van der Waals surface area contributed by atoms with Crippen molar-refractivity contribution in [3.05, 3.63) is 78.6 Å². The third-order valence-corrected chi connectivity index (χ3v) is 8.99. The molecule has 3 amide bonds. The minimum absolute atomic E-state index is 0.0246. The van der Waals surface area contributed by atoms with Crippen LogP contribution in [0.4, 0.5) is 4.79 Å². The van der Waals surface area contributed by atoms with E-state index in [2.05, 4.69) is 75.5 Å². The lowest BCUT2D eigenvalue weighted by atomic mass is 9.86. The van der Waals surface area contributed by atoms with Crippen molar-refractivity contribution in [1.82, 2.24) is 41.1 Å². The van der Waals surface area contributed by atoms with Crippen LogP contribution in [0.25, 0.3) is 22.4 Å². The van der Waals surface area contributed by atoms with Crippen LogP contribution in [-0.4, -0.2) is 74.9 Å². The summed E-state index contributed by atoms with van der Waals surface area (Å²) in [5.41, 5.74) is 3.20. The largest absolute Gasteiger partial charge is 0.478 e. The maximum atomic E-state index is 12.4. The summed E-state index contributed by atoms with van der Waals surface area (Å²) in [4.78, 5) is 43.1. The lowest BCUT2D eigenvalue weighted by molar-refractivity contribution is -0.123. The lowest BCUT2D eigenvalue weighted by Crippen LogP contribution is -2.47. The number of unbranched alkanes of at least 4 members (excludes halogenated alkanes) is 3. The minimum Gasteiger partial charge on any atom is -0.478 e. The number of nitrogens with one attached hydrogen (secondary N) is 3. The fourth-order valence-corrected chi connectivity index (χ4v) is 5.92. The number of hydrogen-bond acceptors (Lipinski definition) is 9. The molecule has 0 fully saturated rings. The van der Waals surface area contributed by atoms with E-state index in [4.69, 9.17) is 14.5 Å². The second kappa shape index (κ2) is 20.9. The van der Waals surface area contributed by atoms with Crippen LogP contribution >= 0.6 is 0 Å². The molecule has 13 heteroatoms. The molecule has 2 heterocycles. The fourth-order valence-electron chi connectivity index (χ4n) is 5.92. The van der Waals surface area contributed by atoms with Gasteiger partial charge in [-0.25, -0.2) is 9.78 Å². The Morgan fingerprint density at radius 1 is 0.818 bits per heavy atom. The Bertz CT molecular complexity index is 1730. The van der Waals surface area contributed by atoms with E-state index in [1.807, 2.05) is 42.5 Å². The van der Waals surface area contributed by atoms with Gasteiger partial charge >= 0.3 is 6.09 Å². The number of tetrazole rings is 1. The van der Waals surface area contributed by atoms with Crippen molar-refractivity contribution in [2.75, 3.05) is 20.2 Å². The number of pyridine rings is 1. The molecule has 3 N–H and O–H groups in total. The van der Waals surface area contributed by atoms with Crippen molar-refractivity contribution in [3.63, 3.8) is 0 Å². The van der Waals surface area contributed by atoms with Gasteiger partial charge < -0.3 is 25.4 Å². The van der Waals surface area contributed by atoms with Gasteiger partial charge in [-0.2, -0.15) is 4.80 Å². The molecule has 4 rings (SSSR count). The van der Waals surface area contributed by atoms with Gasteiger partial charge in [0.25, 0.3) is 0 Å². The van der Waals surface area contributed by atoms with Gasteiger partial charge in [0.1, 0.15) is 11.6 Å². The number of ether oxygens (including phenoxy) is 2. The molecule has 0 spiro atoms. The molecule has 0 aliphatic carbocycles. The molecule has 2 aromatic heterocycles. The molecular weight excluding hydrogens is 697 g/mol. The molecule has 296 valence electrons. The van der Waals surface area contributed by atoms with Gasteiger partial charge in [-0.05, 0) is 94.5 Å². The summed E-state index contributed by atoms with van der Waals surface area (Å²) in [5, 5.41) is 21.4. The normalized spacial score (nSPS) is 12.1. The van der Waals surface area contributed by atoms with Crippen molar-refractivity contribution in [2.45, 2.75) is 116 Å². The minimum atomic E-state index is -0.700. The monoisotopic (exact) mass is 754 g/mol. The van der Waals surface area contributed by atoms with Gasteiger partial charge in [0.15, 0.2) is 5.82 Å². The number of aryl methyl sites for hydroxylation is 1. The van der Waals surface area contributed by atoms with Crippen LogP contribution in [0.15, 0.2) is 72.8 Å². The summed E-state index contributed by atoms with van der Waals surface area (Å²) < 4.78 is 11.5. The van der Waals surface area contributed by atoms with Gasteiger partial charge in [0.05, 0.1) is 18.8 Å². The van der Waals surface area contributed by atoms with E-state index in [9.17, 15) is 14.4 Å². The van der Waals surface area contributed by atoms with Gasteiger partial charge in [0, 0.05) is 37.1 Å². The van der Waals surface area contributed by atoms with E-state index in [-0.39, 0.29) is 17.2 Å². The maximum Gasteiger partial charge on any atom is 0.408 e. The number of carbonyl (C=O) groups is 3. The number of amides is 3.